The van der Waals surface area contributed by atoms with E-state index in [9.17, 15) is 4.79 Å². The topological polar surface area (TPSA) is 29.5 Å². The van der Waals surface area contributed by atoms with Gasteiger partial charge in [0, 0.05) is 13.1 Å². The number of carbonyl (C=O) groups excluding carboxylic acids is 1. The lowest BCUT2D eigenvalue weighted by Gasteiger charge is -2.31. The molecule has 0 aromatic heterocycles. The highest BCUT2D eigenvalue weighted by molar-refractivity contribution is 5.84. The molecule has 1 heterocycles. The predicted octanol–water partition coefficient (Wildman–Crippen LogP) is 1.99. The van der Waals surface area contributed by atoms with Crippen molar-refractivity contribution in [2.75, 3.05) is 26.3 Å². The average molecular weight is 245 g/mol. The molecular weight excluding hydrogens is 226 g/mol. The van der Waals surface area contributed by atoms with Crippen LogP contribution < -0.4 is 0 Å². The molecule has 1 aliphatic rings. The highest BCUT2D eigenvalue weighted by Gasteiger charge is 2.21. The van der Waals surface area contributed by atoms with E-state index in [4.69, 9.17) is 4.74 Å². The molecule has 1 atom stereocenters. The van der Waals surface area contributed by atoms with E-state index in [-0.39, 0.29) is 11.8 Å². The second kappa shape index (κ2) is 6.47. The van der Waals surface area contributed by atoms with Gasteiger partial charge in [-0.25, -0.2) is 0 Å². The van der Waals surface area contributed by atoms with Crippen LogP contribution in [0, 0.1) is 0 Å². The van der Waals surface area contributed by atoms with Gasteiger partial charge in [-0.1, -0.05) is 42.5 Å². The lowest BCUT2D eigenvalue weighted by atomic mass is 10.1. The van der Waals surface area contributed by atoms with Gasteiger partial charge >= 0.3 is 0 Å². The highest BCUT2D eigenvalue weighted by atomic mass is 16.5. The standard InChI is InChI=1S/C15H19NO2/c1-13(17)15(16-9-11-18-12-10-16)8-7-14-5-3-2-4-6-14/h2-8,15H,9-12H2,1H3/b8-7+. The number of hydrogen-bond donors (Lipinski definition) is 0. The summed E-state index contributed by atoms with van der Waals surface area (Å²) < 4.78 is 5.32. The molecule has 0 aliphatic carbocycles. The normalized spacial score (nSPS) is 18.9. The van der Waals surface area contributed by atoms with Crippen molar-refractivity contribution in [1.82, 2.24) is 4.90 Å². The Labute approximate surface area is 108 Å². The quantitative estimate of drug-likeness (QED) is 0.812. The molecule has 1 unspecified atom stereocenters. The second-order valence-electron chi connectivity index (χ2n) is 4.47. The minimum absolute atomic E-state index is 0.130. The molecule has 3 nitrogen and oxygen atoms in total. The van der Waals surface area contributed by atoms with Crippen molar-refractivity contribution < 1.29 is 9.53 Å². The van der Waals surface area contributed by atoms with Crippen LogP contribution in [0.4, 0.5) is 0 Å². The van der Waals surface area contributed by atoms with Crippen molar-refractivity contribution in [3.05, 3.63) is 42.0 Å². The number of benzene rings is 1. The van der Waals surface area contributed by atoms with E-state index in [1.165, 1.54) is 0 Å². The van der Waals surface area contributed by atoms with Gasteiger partial charge < -0.3 is 4.74 Å². The second-order valence-corrected chi connectivity index (χ2v) is 4.47. The summed E-state index contributed by atoms with van der Waals surface area (Å²) in [6.45, 7) is 4.72. The maximum absolute atomic E-state index is 11.7. The van der Waals surface area contributed by atoms with Crippen LogP contribution in [0.15, 0.2) is 36.4 Å². The highest BCUT2D eigenvalue weighted by Crippen LogP contribution is 2.09. The van der Waals surface area contributed by atoms with E-state index < -0.39 is 0 Å². The molecule has 0 bridgehead atoms. The zero-order valence-corrected chi connectivity index (χ0v) is 10.7. The van der Waals surface area contributed by atoms with Gasteiger partial charge in [-0.15, -0.1) is 0 Å². The van der Waals surface area contributed by atoms with Gasteiger partial charge in [0.25, 0.3) is 0 Å². The molecule has 1 saturated heterocycles. The number of Topliss-reactive ketones (excluding diaryl/α,β-unsaturated/α-hetero) is 1. The van der Waals surface area contributed by atoms with Gasteiger partial charge in [0.2, 0.25) is 0 Å². The summed E-state index contributed by atoms with van der Waals surface area (Å²) in [7, 11) is 0. The minimum atomic E-state index is -0.130. The Balaban J connectivity index is 2.06. The molecule has 3 heteroatoms. The maximum atomic E-state index is 11.7. The molecule has 1 aromatic carbocycles. The zero-order chi connectivity index (χ0) is 12.8. The molecule has 0 amide bonds. The van der Waals surface area contributed by atoms with Crippen molar-refractivity contribution in [1.29, 1.82) is 0 Å². The molecule has 0 spiro atoms. The SMILES string of the molecule is CC(=O)C(/C=C/c1ccccc1)N1CCOCC1. The first-order chi connectivity index (χ1) is 8.77. The summed E-state index contributed by atoms with van der Waals surface area (Å²) >= 11 is 0. The van der Waals surface area contributed by atoms with Crippen LogP contribution in [0.5, 0.6) is 0 Å². The molecule has 96 valence electrons. The van der Waals surface area contributed by atoms with Crippen molar-refractivity contribution in [2.45, 2.75) is 13.0 Å². The Morgan fingerprint density at radius 3 is 2.56 bits per heavy atom. The van der Waals surface area contributed by atoms with E-state index >= 15 is 0 Å². The number of hydrogen-bond acceptors (Lipinski definition) is 3. The lowest BCUT2D eigenvalue weighted by molar-refractivity contribution is -0.122. The molecular formula is C15H19NO2. The molecule has 1 fully saturated rings. The van der Waals surface area contributed by atoms with Crippen LogP contribution >= 0.6 is 0 Å². The van der Waals surface area contributed by atoms with Gasteiger partial charge in [-0.2, -0.15) is 0 Å². The fraction of sp³-hybridized carbons (Fsp3) is 0.400. The third-order valence-corrected chi connectivity index (χ3v) is 3.13. The van der Waals surface area contributed by atoms with Crippen molar-refractivity contribution in [3.63, 3.8) is 0 Å². The average Bonchev–Trinajstić information content (AvgIpc) is 2.41. The Morgan fingerprint density at radius 2 is 1.94 bits per heavy atom. The molecule has 1 aromatic rings. The maximum Gasteiger partial charge on any atom is 0.150 e. The molecule has 0 saturated carbocycles. The summed E-state index contributed by atoms with van der Waals surface area (Å²) in [6.07, 6.45) is 4.00. The zero-order valence-electron chi connectivity index (χ0n) is 10.7. The Kier molecular flexibility index (Phi) is 4.67. The smallest absolute Gasteiger partial charge is 0.150 e. The fourth-order valence-corrected chi connectivity index (χ4v) is 2.14. The molecule has 1 aliphatic heterocycles. The molecule has 0 radical (unpaired) electrons. The van der Waals surface area contributed by atoms with E-state index in [1.807, 2.05) is 42.5 Å². The first-order valence-electron chi connectivity index (χ1n) is 6.33. The lowest BCUT2D eigenvalue weighted by Crippen LogP contribution is -2.45. The number of carbonyl (C=O) groups is 1. The van der Waals surface area contributed by atoms with Gasteiger partial charge in [-0.3, -0.25) is 9.69 Å². The van der Waals surface area contributed by atoms with Crippen LogP contribution in [0.1, 0.15) is 12.5 Å². The van der Waals surface area contributed by atoms with Crippen LogP contribution in [-0.4, -0.2) is 43.0 Å². The number of nitrogens with zero attached hydrogens (tertiary/aromatic N) is 1. The first-order valence-corrected chi connectivity index (χ1v) is 6.33. The van der Waals surface area contributed by atoms with E-state index in [0.717, 1.165) is 18.7 Å². The number of rotatable bonds is 4. The van der Waals surface area contributed by atoms with E-state index in [2.05, 4.69) is 4.90 Å². The van der Waals surface area contributed by atoms with Gasteiger partial charge in [0.1, 0.15) is 0 Å². The molecule has 18 heavy (non-hydrogen) atoms. The monoisotopic (exact) mass is 245 g/mol. The van der Waals surface area contributed by atoms with Crippen LogP contribution in [-0.2, 0) is 9.53 Å². The van der Waals surface area contributed by atoms with E-state index in [0.29, 0.717) is 13.2 Å². The van der Waals surface area contributed by atoms with Crippen LogP contribution in [0.2, 0.25) is 0 Å². The summed E-state index contributed by atoms with van der Waals surface area (Å²) in [5.41, 5.74) is 1.12. The van der Waals surface area contributed by atoms with E-state index in [1.54, 1.807) is 6.92 Å². The molecule has 0 N–H and O–H groups in total. The first kappa shape index (κ1) is 13.0. The summed E-state index contributed by atoms with van der Waals surface area (Å²) in [5.74, 6) is 0.184. The summed E-state index contributed by atoms with van der Waals surface area (Å²) in [6, 6.07) is 9.92. The number of ether oxygens (including phenoxy) is 1. The summed E-state index contributed by atoms with van der Waals surface area (Å²) in [5, 5.41) is 0. The Hall–Kier alpha value is -1.45. The predicted molar refractivity (Wildman–Crippen MR) is 72.3 cm³/mol. The number of morpholine rings is 1. The minimum Gasteiger partial charge on any atom is -0.379 e. The fourth-order valence-electron chi connectivity index (χ4n) is 2.14. The van der Waals surface area contributed by atoms with Gasteiger partial charge in [0.05, 0.1) is 19.3 Å². The van der Waals surface area contributed by atoms with Crippen LogP contribution in [0.3, 0.4) is 0 Å². The third-order valence-electron chi connectivity index (χ3n) is 3.13. The van der Waals surface area contributed by atoms with Crippen molar-refractivity contribution >= 4 is 11.9 Å². The third kappa shape index (κ3) is 3.52. The Bertz CT molecular complexity index is 408. The van der Waals surface area contributed by atoms with Crippen LogP contribution in [0.25, 0.3) is 6.08 Å². The summed E-state index contributed by atoms with van der Waals surface area (Å²) in [4.78, 5) is 13.9. The number of ketones is 1. The van der Waals surface area contributed by atoms with Gasteiger partial charge in [-0.05, 0) is 12.5 Å². The van der Waals surface area contributed by atoms with Gasteiger partial charge in [0.15, 0.2) is 5.78 Å². The van der Waals surface area contributed by atoms with Crippen molar-refractivity contribution in [3.8, 4) is 0 Å². The Morgan fingerprint density at radius 1 is 1.28 bits per heavy atom. The van der Waals surface area contributed by atoms with Crippen molar-refractivity contribution in [2.24, 2.45) is 0 Å². The largest absolute Gasteiger partial charge is 0.379 e. The molecule has 2 rings (SSSR count).